The molecule has 0 heterocycles. The first-order chi connectivity index (χ1) is 12.2. The number of ether oxygens (including phenoxy) is 2. The highest BCUT2D eigenvalue weighted by molar-refractivity contribution is 6.41. The van der Waals surface area contributed by atoms with E-state index in [2.05, 4.69) is 6.92 Å². The molecule has 0 N–H and O–H groups in total. The lowest BCUT2D eigenvalue weighted by Gasteiger charge is -2.11. The number of Topliss-reactive ketones (excluding diaryl/α,β-unsaturated/α-hetero) is 2. The quantitative estimate of drug-likeness (QED) is 0.447. The van der Waals surface area contributed by atoms with Crippen molar-refractivity contribution in [1.29, 1.82) is 0 Å². The van der Waals surface area contributed by atoms with Crippen LogP contribution in [0.4, 0.5) is 0 Å². The van der Waals surface area contributed by atoms with Gasteiger partial charge in [0.2, 0.25) is 0 Å². The van der Waals surface area contributed by atoms with Gasteiger partial charge in [-0.15, -0.1) is 0 Å². The number of rotatable bonds is 6. The van der Waals surface area contributed by atoms with Crippen LogP contribution < -0.4 is 9.47 Å². The number of ketones is 2. The third-order valence-corrected chi connectivity index (χ3v) is 4.16. The zero-order chi connectivity index (χ0) is 17.8. The Morgan fingerprint density at radius 3 is 2.24 bits per heavy atom. The van der Waals surface area contributed by atoms with E-state index in [0.29, 0.717) is 29.2 Å². The minimum atomic E-state index is -0.232. The van der Waals surface area contributed by atoms with Gasteiger partial charge in [0.25, 0.3) is 0 Å². The molecule has 3 rings (SSSR count). The molecule has 2 aromatic carbocycles. The topological polar surface area (TPSA) is 52.6 Å². The maximum absolute atomic E-state index is 12.5. The van der Waals surface area contributed by atoms with Crippen LogP contribution in [-0.2, 0) is 0 Å². The summed E-state index contributed by atoms with van der Waals surface area (Å²) in [5, 5.41) is 0. The Kier molecular flexibility index (Phi) is 4.98. The summed E-state index contributed by atoms with van der Waals surface area (Å²) in [5.41, 5.74) is 1.85. The summed E-state index contributed by atoms with van der Waals surface area (Å²) in [6.07, 6.45) is 3.60. The van der Waals surface area contributed by atoms with Gasteiger partial charge in [-0.2, -0.15) is 0 Å². The molecule has 128 valence electrons. The summed E-state index contributed by atoms with van der Waals surface area (Å²) in [5.74, 6) is 0.779. The molecule has 4 nitrogen and oxygen atoms in total. The van der Waals surface area contributed by atoms with Crippen molar-refractivity contribution in [3.8, 4) is 11.5 Å². The zero-order valence-corrected chi connectivity index (χ0v) is 14.4. The fraction of sp³-hybridized carbons (Fsp3) is 0.238. The fourth-order valence-electron chi connectivity index (χ4n) is 2.79. The van der Waals surface area contributed by atoms with Crippen molar-refractivity contribution in [2.24, 2.45) is 0 Å². The first-order valence-corrected chi connectivity index (χ1v) is 8.36. The first kappa shape index (κ1) is 17.0. The Morgan fingerprint density at radius 1 is 0.960 bits per heavy atom. The van der Waals surface area contributed by atoms with Crippen LogP contribution in [0, 0.1) is 0 Å². The van der Waals surface area contributed by atoms with E-state index in [-0.39, 0.29) is 17.1 Å². The molecule has 0 spiro atoms. The third kappa shape index (κ3) is 3.33. The lowest BCUT2D eigenvalue weighted by molar-refractivity contribution is 0.0990. The van der Waals surface area contributed by atoms with Gasteiger partial charge in [0.15, 0.2) is 23.1 Å². The molecule has 1 aliphatic carbocycles. The van der Waals surface area contributed by atoms with Crippen LogP contribution in [-0.4, -0.2) is 25.3 Å². The smallest absolute Gasteiger partial charge is 0.197 e. The molecule has 0 saturated carbocycles. The Hall–Kier alpha value is -2.88. The van der Waals surface area contributed by atoms with Gasteiger partial charge in [0.1, 0.15) is 0 Å². The van der Waals surface area contributed by atoms with Crippen molar-refractivity contribution in [3.05, 3.63) is 64.7 Å². The summed E-state index contributed by atoms with van der Waals surface area (Å²) >= 11 is 0. The predicted molar refractivity (Wildman–Crippen MR) is 96.5 cm³/mol. The molecule has 0 bridgehead atoms. The molecule has 0 radical (unpaired) electrons. The van der Waals surface area contributed by atoms with Crippen molar-refractivity contribution in [2.75, 3.05) is 13.7 Å². The summed E-state index contributed by atoms with van der Waals surface area (Å²) in [6.45, 7) is 2.69. The molecule has 0 fully saturated rings. The molecule has 0 unspecified atom stereocenters. The van der Waals surface area contributed by atoms with E-state index in [4.69, 9.17) is 9.47 Å². The molecule has 1 aliphatic rings. The molecule has 4 heteroatoms. The highest BCUT2D eigenvalue weighted by Crippen LogP contribution is 2.32. The minimum Gasteiger partial charge on any atom is -0.493 e. The second-order valence-corrected chi connectivity index (χ2v) is 5.87. The Bertz CT molecular complexity index is 812. The molecular formula is C21H20O4. The maximum atomic E-state index is 12.5. The van der Waals surface area contributed by atoms with E-state index < -0.39 is 0 Å². The number of methoxy groups -OCH3 is 1. The van der Waals surface area contributed by atoms with Gasteiger partial charge in [-0.25, -0.2) is 0 Å². The third-order valence-electron chi connectivity index (χ3n) is 4.16. The number of hydrogen-bond acceptors (Lipinski definition) is 4. The molecule has 2 aromatic rings. The Morgan fingerprint density at radius 2 is 1.64 bits per heavy atom. The van der Waals surface area contributed by atoms with Gasteiger partial charge in [0, 0.05) is 11.1 Å². The van der Waals surface area contributed by atoms with Crippen molar-refractivity contribution in [2.45, 2.75) is 19.8 Å². The van der Waals surface area contributed by atoms with E-state index in [1.54, 1.807) is 49.6 Å². The van der Waals surface area contributed by atoms with Crippen LogP contribution in [0.15, 0.2) is 48.0 Å². The van der Waals surface area contributed by atoms with Gasteiger partial charge in [-0.3, -0.25) is 9.59 Å². The highest BCUT2D eigenvalue weighted by atomic mass is 16.5. The van der Waals surface area contributed by atoms with E-state index >= 15 is 0 Å². The SMILES string of the molecule is CCCCOc1cc(C=C2C(=O)c3ccccc3C2=O)ccc1OC. The highest BCUT2D eigenvalue weighted by Gasteiger charge is 2.32. The molecule has 0 amide bonds. The van der Waals surface area contributed by atoms with E-state index in [1.165, 1.54) is 0 Å². The number of hydrogen-bond donors (Lipinski definition) is 0. The van der Waals surface area contributed by atoms with Crippen LogP contribution in [0.1, 0.15) is 46.0 Å². The normalized spacial score (nSPS) is 13.0. The van der Waals surface area contributed by atoms with E-state index in [0.717, 1.165) is 18.4 Å². The lowest BCUT2D eigenvalue weighted by atomic mass is 10.1. The average Bonchev–Trinajstić information content (AvgIpc) is 2.87. The number of carbonyl (C=O) groups is 2. The molecule has 0 atom stereocenters. The van der Waals surface area contributed by atoms with Gasteiger partial charge in [-0.1, -0.05) is 43.7 Å². The van der Waals surface area contributed by atoms with Crippen LogP contribution in [0.5, 0.6) is 11.5 Å². The number of allylic oxidation sites excluding steroid dienone is 1. The molecular weight excluding hydrogens is 316 g/mol. The van der Waals surface area contributed by atoms with Crippen LogP contribution in [0.2, 0.25) is 0 Å². The zero-order valence-electron chi connectivity index (χ0n) is 14.4. The molecule has 25 heavy (non-hydrogen) atoms. The van der Waals surface area contributed by atoms with Gasteiger partial charge < -0.3 is 9.47 Å². The van der Waals surface area contributed by atoms with Crippen molar-refractivity contribution >= 4 is 17.6 Å². The maximum Gasteiger partial charge on any atom is 0.197 e. The predicted octanol–water partition coefficient (Wildman–Crippen LogP) is 4.34. The standard InChI is InChI=1S/C21H20O4/c1-3-4-11-25-19-13-14(9-10-18(19)24-2)12-17-20(22)15-7-5-6-8-16(15)21(17)23/h5-10,12-13H,3-4,11H2,1-2H3. The first-order valence-electron chi connectivity index (χ1n) is 8.36. The Balaban J connectivity index is 1.92. The summed E-state index contributed by atoms with van der Waals surface area (Å²) < 4.78 is 11.1. The minimum absolute atomic E-state index is 0.186. The lowest BCUT2D eigenvalue weighted by Crippen LogP contribution is -2.01. The summed E-state index contributed by atoms with van der Waals surface area (Å²) in [7, 11) is 1.58. The number of unbranched alkanes of at least 4 members (excludes halogenated alkanes) is 1. The van der Waals surface area contributed by atoms with Crippen molar-refractivity contribution in [1.82, 2.24) is 0 Å². The van der Waals surface area contributed by atoms with Gasteiger partial charge >= 0.3 is 0 Å². The van der Waals surface area contributed by atoms with Gasteiger partial charge in [-0.05, 0) is 30.2 Å². The fourth-order valence-corrected chi connectivity index (χ4v) is 2.79. The number of benzene rings is 2. The number of carbonyl (C=O) groups excluding carboxylic acids is 2. The summed E-state index contributed by atoms with van der Waals surface area (Å²) in [4.78, 5) is 25.0. The van der Waals surface area contributed by atoms with Crippen molar-refractivity contribution < 1.29 is 19.1 Å². The molecule has 0 saturated heterocycles. The molecule has 0 aromatic heterocycles. The average molecular weight is 336 g/mol. The van der Waals surface area contributed by atoms with Gasteiger partial charge in [0.05, 0.1) is 19.3 Å². The second-order valence-electron chi connectivity index (χ2n) is 5.87. The number of fused-ring (bicyclic) bond motifs is 1. The van der Waals surface area contributed by atoms with E-state index in [9.17, 15) is 9.59 Å². The van der Waals surface area contributed by atoms with Crippen LogP contribution >= 0.6 is 0 Å². The summed E-state index contributed by atoms with van der Waals surface area (Å²) in [6, 6.07) is 12.3. The van der Waals surface area contributed by atoms with Crippen LogP contribution in [0.3, 0.4) is 0 Å². The van der Waals surface area contributed by atoms with Crippen molar-refractivity contribution in [3.63, 3.8) is 0 Å². The van der Waals surface area contributed by atoms with E-state index in [1.807, 2.05) is 6.07 Å². The largest absolute Gasteiger partial charge is 0.493 e. The Labute approximate surface area is 147 Å². The second kappa shape index (κ2) is 7.34. The van der Waals surface area contributed by atoms with Crippen LogP contribution in [0.25, 0.3) is 6.08 Å². The molecule has 0 aliphatic heterocycles. The monoisotopic (exact) mass is 336 g/mol.